The van der Waals surface area contributed by atoms with Crippen molar-refractivity contribution in [3.63, 3.8) is 0 Å². The third-order valence-corrected chi connectivity index (χ3v) is 8.67. The van der Waals surface area contributed by atoms with Crippen LogP contribution < -0.4 is 9.80 Å². The van der Waals surface area contributed by atoms with Gasteiger partial charge in [-0.2, -0.15) is 4.37 Å². The molecule has 7 rings (SSSR count). The summed E-state index contributed by atoms with van der Waals surface area (Å²) < 4.78 is 8.05. The number of benzene rings is 3. The normalized spacial score (nSPS) is 17.3. The summed E-state index contributed by atoms with van der Waals surface area (Å²) in [6.07, 6.45) is 4.12. The molecule has 0 unspecified atom stereocenters. The van der Waals surface area contributed by atoms with E-state index in [1.165, 1.54) is 10.1 Å². The zero-order valence-corrected chi connectivity index (χ0v) is 22.5. The first-order chi connectivity index (χ1) is 18.6. The maximum Gasteiger partial charge on any atom is 0.260 e. The maximum absolute atomic E-state index is 13.9. The van der Waals surface area contributed by atoms with Gasteiger partial charge in [0.05, 0.1) is 17.1 Å². The van der Waals surface area contributed by atoms with Gasteiger partial charge in [0.2, 0.25) is 0 Å². The van der Waals surface area contributed by atoms with Gasteiger partial charge in [-0.3, -0.25) is 14.6 Å². The number of aromatic nitrogens is 2. The van der Waals surface area contributed by atoms with Crippen LogP contribution in [0.25, 0.3) is 32.6 Å². The molecule has 190 valence electrons. The minimum atomic E-state index is 0.0168. The maximum atomic E-state index is 13.9. The Morgan fingerprint density at radius 1 is 0.974 bits per heavy atom. The molecule has 0 atom stereocenters. The summed E-state index contributed by atoms with van der Waals surface area (Å²) >= 11 is 7.96. The third kappa shape index (κ3) is 3.89. The Kier molecular flexibility index (Phi) is 5.73. The molecule has 3 aromatic carbocycles. The predicted molar refractivity (Wildman–Crippen MR) is 158 cm³/mol. The Balaban J connectivity index is 1.15. The van der Waals surface area contributed by atoms with E-state index in [0.29, 0.717) is 17.3 Å². The van der Waals surface area contributed by atoms with Crippen LogP contribution in [-0.4, -0.2) is 52.6 Å². The van der Waals surface area contributed by atoms with Crippen molar-refractivity contribution in [2.45, 2.75) is 0 Å². The van der Waals surface area contributed by atoms with E-state index in [9.17, 15) is 4.79 Å². The SMILES string of the molecule is Cn1cc(C=C2C(=O)N(CN3CCN(c4nsc5ccccc45)CC3)c3cc(Cl)ccc32)c2ccccc21. The number of fused-ring (bicyclic) bond motifs is 3. The second-order valence-corrected chi connectivity index (χ2v) is 11.2. The highest BCUT2D eigenvalue weighted by Gasteiger charge is 2.34. The van der Waals surface area contributed by atoms with E-state index in [-0.39, 0.29) is 5.91 Å². The van der Waals surface area contributed by atoms with Crippen molar-refractivity contribution in [1.82, 2.24) is 13.8 Å². The molecule has 1 saturated heterocycles. The summed E-state index contributed by atoms with van der Waals surface area (Å²) in [5.74, 6) is 1.09. The first kappa shape index (κ1) is 23.5. The summed E-state index contributed by atoms with van der Waals surface area (Å²) in [5, 5.41) is 2.98. The van der Waals surface area contributed by atoms with Gasteiger partial charge in [-0.1, -0.05) is 48.0 Å². The van der Waals surface area contributed by atoms with Crippen LogP contribution in [-0.2, 0) is 11.8 Å². The Hall–Kier alpha value is -3.65. The molecule has 0 aliphatic carbocycles. The van der Waals surface area contributed by atoms with Gasteiger partial charge < -0.3 is 9.47 Å². The fourth-order valence-electron chi connectivity index (χ4n) is 5.65. The molecule has 8 heteroatoms. The first-order valence-corrected chi connectivity index (χ1v) is 13.9. The first-order valence-electron chi connectivity index (χ1n) is 12.8. The van der Waals surface area contributed by atoms with Gasteiger partial charge in [0.25, 0.3) is 5.91 Å². The number of anilines is 2. The molecule has 2 aliphatic heterocycles. The van der Waals surface area contributed by atoms with E-state index in [1.807, 2.05) is 48.4 Å². The summed E-state index contributed by atoms with van der Waals surface area (Å²) in [6, 6.07) is 22.4. The van der Waals surface area contributed by atoms with Crippen molar-refractivity contribution >= 4 is 73.2 Å². The van der Waals surface area contributed by atoms with Gasteiger partial charge in [-0.15, -0.1) is 0 Å². The van der Waals surface area contributed by atoms with Crippen molar-refractivity contribution in [3.05, 3.63) is 89.1 Å². The molecule has 0 saturated carbocycles. The van der Waals surface area contributed by atoms with Gasteiger partial charge in [-0.05, 0) is 47.9 Å². The molecular formula is C30H26ClN5OS. The number of amides is 1. The van der Waals surface area contributed by atoms with Crippen LogP contribution in [0.5, 0.6) is 0 Å². The monoisotopic (exact) mass is 539 g/mol. The molecule has 0 radical (unpaired) electrons. The number of carbonyl (C=O) groups excluding carboxylic acids is 1. The second-order valence-electron chi connectivity index (χ2n) is 9.91. The smallest absolute Gasteiger partial charge is 0.260 e. The summed E-state index contributed by atoms with van der Waals surface area (Å²) in [5.41, 5.74) is 4.70. The highest BCUT2D eigenvalue weighted by atomic mass is 35.5. The summed E-state index contributed by atoms with van der Waals surface area (Å²) in [7, 11) is 2.04. The van der Waals surface area contributed by atoms with E-state index < -0.39 is 0 Å². The standard InChI is InChI=1S/C30H26ClN5OS/c1-33-18-20(22-6-2-4-8-26(22)33)16-25-23-11-10-21(31)17-27(23)36(30(25)37)19-34-12-14-35(15-13-34)29-24-7-3-5-9-28(24)38-32-29/h2-11,16-18H,12-15,19H2,1H3. The molecule has 2 aromatic heterocycles. The molecule has 6 nitrogen and oxygen atoms in total. The number of nitrogens with zero attached hydrogens (tertiary/aromatic N) is 5. The van der Waals surface area contributed by atoms with Crippen molar-refractivity contribution in [2.75, 3.05) is 42.6 Å². The van der Waals surface area contributed by atoms with Crippen LogP contribution >= 0.6 is 23.1 Å². The number of hydrogen-bond donors (Lipinski definition) is 0. The highest BCUT2D eigenvalue weighted by molar-refractivity contribution is 7.13. The van der Waals surface area contributed by atoms with Gasteiger partial charge in [-0.25, -0.2) is 0 Å². The highest BCUT2D eigenvalue weighted by Crippen LogP contribution is 2.40. The molecule has 38 heavy (non-hydrogen) atoms. The lowest BCUT2D eigenvalue weighted by Gasteiger charge is -2.37. The lowest BCUT2D eigenvalue weighted by Crippen LogP contribution is -2.50. The second kappa shape index (κ2) is 9.27. The zero-order valence-electron chi connectivity index (χ0n) is 21.0. The van der Waals surface area contributed by atoms with Crippen LogP contribution in [0, 0.1) is 0 Å². The molecule has 4 heterocycles. The molecule has 1 fully saturated rings. The van der Waals surface area contributed by atoms with Crippen molar-refractivity contribution in [2.24, 2.45) is 7.05 Å². The van der Waals surface area contributed by atoms with Gasteiger partial charge in [0.1, 0.15) is 5.82 Å². The lowest BCUT2D eigenvalue weighted by atomic mass is 10.0. The third-order valence-electron chi connectivity index (χ3n) is 7.62. The van der Waals surface area contributed by atoms with Crippen molar-refractivity contribution in [3.8, 4) is 0 Å². The minimum absolute atomic E-state index is 0.0168. The van der Waals surface area contributed by atoms with Crippen LogP contribution in [0.4, 0.5) is 11.5 Å². The van der Waals surface area contributed by atoms with Gasteiger partial charge >= 0.3 is 0 Å². The van der Waals surface area contributed by atoms with Gasteiger partial charge in [0, 0.05) is 77.4 Å². The zero-order chi connectivity index (χ0) is 25.8. The fraction of sp³-hybridized carbons (Fsp3) is 0.200. The number of para-hydroxylation sites is 1. The van der Waals surface area contributed by atoms with E-state index in [4.69, 9.17) is 16.0 Å². The van der Waals surface area contributed by atoms with Crippen molar-refractivity contribution < 1.29 is 4.79 Å². The number of hydrogen-bond acceptors (Lipinski definition) is 5. The number of halogens is 1. The molecular weight excluding hydrogens is 514 g/mol. The number of aryl methyl sites for hydroxylation is 1. The molecule has 0 N–H and O–H groups in total. The lowest BCUT2D eigenvalue weighted by molar-refractivity contribution is -0.113. The van der Waals surface area contributed by atoms with Crippen LogP contribution in [0.2, 0.25) is 5.02 Å². The molecule has 0 spiro atoms. The number of carbonyl (C=O) groups is 1. The minimum Gasteiger partial charge on any atom is -0.353 e. The Labute approximate surface area is 230 Å². The van der Waals surface area contributed by atoms with Crippen molar-refractivity contribution in [1.29, 1.82) is 0 Å². The van der Waals surface area contributed by atoms with E-state index in [1.54, 1.807) is 11.5 Å². The quantitative estimate of drug-likeness (QED) is 0.259. The fourth-order valence-corrected chi connectivity index (χ4v) is 6.61. The number of piperazine rings is 1. The average Bonchev–Trinajstić information content (AvgIpc) is 3.58. The van der Waals surface area contributed by atoms with E-state index in [2.05, 4.69) is 57.0 Å². The molecule has 2 aliphatic rings. The largest absolute Gasteiger partial charge is 0.353 e. The summed E-state index contributed by atoms with van der Waals surface area (Å²) in [6.45, 7) is 3.99. The Morgan fingerprint density at radius 3 is 2.58 bits per heavy atom. The van der Waals surface area contributed by atoms with Crippen LogP contribution in [0.15, 0.2) is 72.9 Å². The van der Waals surface area contributed by atoms with Gasteiger partial charge in [0.15, 0.2) is 0 Å². The summed E-state index contributed by atoms with van der Waals surface area (Å²) in [4.78, 5) is 20.4. The Morgan fingerprint density at radius 2 is 1.74 bits per heavy atom. The van der Waals surface area contributed by atoms with Crippen LogP contribution in [0.3, 0.4) is 0 Å². The Bertz CT molecular complexity index is 1730. The average molecular weight is 540 g/mol. The predicted octanol–water partition coefficient (Wildman–Crippen LogP) is 6.11. The molecule has 1 amide bonds. The van der Waals surface area contributed by atoms with Crippen LogP contribution in [0.1, 0.15) is 11.1 Å². The molecule has 0 bridgehead atoms. The van der Waals surface area contributed by atoms with E-state index >= 15 is 0 Å². The topological polar surface area (TPSA) is 44.6 Å². The van der Waals surface area contributed by atoms with E-state index in [0.717, 1.165) is 59.7 Å². The molecule has 5 aromatic rings. The number of rotatable bonds is 4.